The van der Waals surface area contributed by atoms with Gasteiger partial charge < -0.3 is 14.6 Å². The van der Waals surface area contributed by atoms with Gasteiger partial charge in [0, 0.05) is 12.0 Å². The van der Waals surface area contributed by atoms with E-state index in [2.05, 4.69) is 0 Å². The summed E-state index contributed by atoms with van der Waals surface area (Å²) in [6.45, 7) is 0.585. The van der Waals surface area contributed by atoms with Crippen molar-refractivity contribution < 1.29 is 24.2 Å². The molecule has 0 fully saturated rings. The van der Waals surface area contributed by atoms with Crippen molar-refractivity contribution in [2.75, 3.05) is 6.61 Å². The molecule has 0 unspecified atom stereocenters. The number of phenolic OH excluding ortho intramolecular Hbond substituents is 1. The van der Waals surface area contributed by atoms with Gasteiger partial charge in [0.15, 0.2) is 0 Å². The molecule has 0 amide bonds. The molecule has 0 heterocycles. The molecule has 0 bridgehead atoms. The molecule has 0 aliphatic rings. The Morgan fingerprint density at radius 3 is 2.39 bits per heavy atom. The summed E-state index contributed by atoms with van der Waals surface area (Å²) in [5, 5.41) is 9.16. The second-order valence-electron chi connectivity index (χ2n) is 4.97. The van der Waals surface area contributed by atoms with Crippen LogP contribution >= 0.6 is 0 Å². The van der Waals surface area contributed by atoms with Crippen LogP contribution in [0, 0.1) is 0 Å². The van der Waals surface area contributed by atoms with Gasteiger partial charge in [-0.1, -0.05) is 12.1 Å². The van der Waals surface area contributed by atoms with Crippen LogP contribution in [0.25, 0.3) is 0 Å². The lowest BCUT2D eigenvalue weighted by molar-refractivity contribution is -0.145. The average molecular weight is 314 g/mol. The first-order valence-corrected chi connectivity index (χ1v) is 7.29. The Balaban J connectivity index is 1.62. The number of ether oxygens (including phenoxy) is 2. The quantitative estimate of drug-likeness (QED) is 0.460. The highest BCUT2D eigenvalue weighted by Gasteiger charge is 2.04. The molecule has 0 saturated carbocycles. The van der Waals surface area contributed by atoms with Crippen molar-refractivity contribution in [2.45, 2.75) is 19.4 Å². The van der Waals surface area contributed by atoms with Crippen molar-refractivity contribution in [1.29, 1.82) is 0 Å². The fraction of sp³-hybridized carbons (Fsp3) is 0.222. The highest BCUT2D eigenvalue weighted by atomic mass is 16.5. The summed E-state index contributed by atoms with van der Waals surface area (Å²) in [4.78, 5) is 22.1. The van der Waals surface area contributed by atoms with Gasteiger partial charge in [-0.25, -0.2) is 0 Å². The fourth-order valence-electron chi connectivity index (χ4n) is 1.88. The van der Waals surface area contributed by atoms with E-state index in [0.29, 0.717) is 24.3 Å². The summed E-state index contributed by atoms with van der Waals surface area (Å²) in [6, 6.07) is 13.3. The summed E-state index contributed by atoms with van der Waals surface area (Å²) < 4.78 is 10.6. The zero-order valence-electron chi connectivity index (χ0n) is 12.6. The van der Waals surface area contributed by atoms with Gasteiger partial charge in [0.1, 0.15) is 24.4 Å². The minimum atomic E-state index is -0.294. The third-order valence-electron chi connectivity index (χ3n) is 3.15. The van der Waals surface area contributed by atoms with Gasteiger partial charge in [0.25, 0.3) is 0 Å². The van der Waals surface area contributed by atoms with Crippen LogP contribution < -0.4 is 4.74 Å². The zero-order valence-corrected chi connectivity index (χ0v) is 12.6. The van der Waals surface area contributed by atoms with Gasteiger partial charge in [-0.15, -0.1) is 0 Å². The number of rotatable bonds is 8. The van der Waals surface area contributed by atoms with Crippen molar-refractivity contribution in [2.24, 2.45) is 0 Å². The smallest absolute Gasteiger partial charge is 0.306 e. The molecule has 23 heavy (non-hydrogen) atoms. The van der Waals surface area contributed by atoms with E-state index in [1.807, 2.05) is 0 Å². The molecule has 0 aromatic heterocycles. The number of hydrogen-bond donors (Lipinski definition) is 1. The minimum Gasteiger partial charge on any atom is -0.508 e. The van der Waals surface area contributed by atoms with Crippen molar-refractivity contribution in [3.63, 3.8) is 0 Å². The van der Waals surface area contributed by atoms with Crippen LogP contribution in [0.3, 0.4) is 0 Å². The van der Waals surface area contributed by atoms with Crippen LogP contribution in [0.1, 0.15) is 28.8 Å². The number of aromatic hydroxyl groups is 1. The van der Waals surface area contributed by atoms with E-state index in [4.69, 9.17) is 14.6 Å². The average Bonchev–Trinajstić information content (AvgIpc) is 2.59. The Hall–Kier alpha value is -2.82. The topological polar surface area (TPSA) is 72.8 Å². The lowest BCUT2D eigenvalue weighted by atomic mass is 10.2. The molecular weight excluding hydrogens is 296 g/mol. The van der Waals surface area contributed by atoms with Gasteiger partial charge in [-0.3, -0.25) is 9.59 Å². The molecule has 0 spiro atoms. The number of benzene rings is 2. The number of hydrogen-bond acceptors (Lipinski definition) is 5. The van der Waals surface area contributed by atoms with E-state index >= 15 is 0 Å². The summed E-state index contributed by atoms with van der Waals surface area (Å²) in [5.41, 5.74) is 1.41. The van der Waals surface area contributed by atoms with Crippen molar-refractivity contribution >= 4 is 12.3 Å². The Morgan fingerprint density at radius 1 is 1.04 bits per heavy atom. The van der Waals surface area contributed by atoms with Crippen LogP contribution in [0.15, 0.2) is 48.5 Å². The third-order valence-corrected chi connectivity index (χ3v) is 3.15. The van der Waals surface area contributed by atoms with Crippen molar-refractivity contribution in [3.8, 4) is 11.5 Å². The summed E-state index contributed by atoms with van der Waals surface area (Å²) in [6.07, 6.45) is 1.59. The predicted octanol–water partition coefficient (Wildman–Crippen LogP) is 3.11. The fourth-order valence-corrected chi connectivity index (χ4v) is 1.88. The first kappa shape index (κ1) is 16.5. The first-order chi connectivity index (χ1) is 11.2. The largest absolute Gasteiger partial charge is 0.508 e. The maximum Gasteiger partial charge on any atom is 0.306 e. The van der Waals surface area contributed by atoms with Crippen LogP contribution in [0.2, 0.25) is 0 Å². The SMILES string of the molecule is O=Cc1ccc(OCCCC(=O)OCc2ccc(O)cc2)cc1. The number of esters is 1. The minimum absolute atomic E-state index is 0.179. The van der Waals surface area contributed by atoms with E-state index in [1.165, 1.54) is 0 Å². The number of aldehydes is 1. The Bertz CT molecular complexity index is 631. The Kier molecular flexibility index (Phi) is 6.17. The third kappa shape index (κ3) is 5.82. The summed E-state index contributed by atoms with van der Waals surface area (Å²) in [5.74, 6) is 0.546. The molecule has 1 N–H and O–H groups in total. The Labute approximate surface area is 134 Å². The molecule has 0 saturated heterocycles. The lowest BCUT2D eigenvalue weighted by Crippen LogP contribution is -2.07. The van der Waals surface area contributed by atoms with Crippen molar-refractivity contribution in [3.05, 3.63) is 59.7 Å². The second-order valence-corrected chi connectivity index (χ2v) is 4.97. The monoisotopic (exact) mass is 314 g/mol. The van der Waals surface area contributed by atoms with Gasteiger partial charge >= 0.3 is 5.97 Å². The molecule has 2 aromatic carbocycles. The molecule has 0 radical (unpaired) electrons. The Morgan fingerprint density at radius 2 is 1.74 bits per heavy atom. The molecule has 5 nitrogen and oxygen atoms in total. The van der Waals surface area contributed by atoms with E-state index in [0.717, 1.165) is 11.8 Å². The predicted molar refractivity (Wildman–Crippen MR) is 84.5 cm³/mol. The van der Waals surface area contributed by atoms with E-state index in [-0.39, 0.29) is 24.7 Å². The highest BCUT2D eigenvalue weighted by Crippen LogP contribution is 2.12. The van der Waals surface area contributed by atoms with E-state index < -0.39 is 0 Å². The standard InChI is InChI=1S/C18H18O5/c19-12-14-5-9-17(10-6-14)22-11-1-2-18(21)23-13-15-3-7-16(20)8-4-15/h3-10,12,20H,1-2,11,13H2. The van der Waals surface area contributed by atoms with Crippen LogP contribution in [-0.2, 0) is 16.1 Å². The highest BCUT2D eigenvalue weighted by molar-refractivity contribution is 5.74. The normalized spacial score (nSPS) is 10.1. The zero-order chi connectivity index (χ0) is 16.5. The molecule has 2 aromatic rings. The maximum atomic E-state index is 11.6. The van der Waals surface area contributed by atoms with Crippen LogP contribution in [0.5, 0.6) is 11.5 Å². The van der Waals surface area contributed by atoms with Gasteiger partial charge in [-0.05, 0) is 48.4 Å². The van der Waals surface area contributed by atoms with Gasteiger partial charge in [0.2, 0.25) is 0 Å². The number of phenols is 1. The molecule has 2 rings (SSSR count). The molecule has 0 atom stereocenters. The molecule has 120 valence electrons. The van der Waals surface area contributed by atoms with Crippen LogP contribution in [-0.4, -0.2) is 24.0 Å². The van der Waals surface area contributed by atoms with Crippen LogP contribution in [0.4, 0.5) is 0 Å². The van der Waals surface area contributed by atoms with Gasteiger partial charge in [0.05, 0.1) is 6.61 Å². The molecule has 5 heteroatoms. The lowest BCUT2D eigenvalue weighted by Gasteiger charge is -2.07. The second kappa shape index (κ2) is 8.58. The molecule has 0 aliphatic heterocycles. The number of carbonyl (C=O) groups is 2. The maximum absolute atomic E-state index is 11.6. The summed E-state index contributed by atoms with van der Waals surface area (Å²) in [7, 11) is 0. The first-order valence-electron chi connectivity index (χ1n) is 7.29. The molecular formula is C18H18O5. The van der Waals surface area contributed by atoms with E-state index in [9.17, 15) is 9.59 Å². The summed E-state index contributed by atoms with van der Waals surface area (Å²) >= 11 is 0. The van der Waals surface area contributed by atoms with E-state index in [1.54, 1.807) is 48.5 Å². The number of carbonyl (C=O) groups excluding carboxylic acids is 2. The molecule has 0 aliphatic carbocycles. The van der Waals surface area contributed by atoms with Gasteiger partial charge in [-0.2, -0.15) is 0 Å². The van der Waals surface area contributed by atoms with Crippen molar-refractivity contribution in [1.82, 2.24) is 0 Å².